The first kappa shape index (κ1) is 17.3. The van der Waals surface area contributed by atoms with E-state index >= 15 is 0 Å². The Morgan fingerprint density at radius 3 is 2.93 bits per heavy atom. The van der Waals surface area contributed by atoms with Gasteiger partial charge in [0, 0.05) is 18.1 Å². The lowest BCUT2D eigenvalue weighted by atomic mass is 10.2. The second-order valence-electron chi connectivity index (χ2n) is 6.24. The highest BCUT2D eigenvalue weighted by Gasteiger charge is 2.34. The Bertz CT molecular complexity index is 1050. The molecule has 1 aliphatic heterocycles. The van der Waals surface area contributed by atoms with E-state index in [1.165, 1.54) is 22.1 Å². The SMILES string of the molecule is O=C(Nc1nccs1)C1CCCN1C(=O)Cn1c(=O)cnc2ccccc21. The van der Waals surface area contributed by atoms with Gasteiger partial charge in [-0.3, -0.25) is 19.0 Å². The minimum Gasteiger partial charge on any atom is -0.329 e. The number of amides is 2. The van der Waals surface area contributed by atoms with Gasteiger partial charge in [-0.05, 0) is 25.0 Å². The fraction of sp³-hybridized carbons (Fsp3) is 0.278. The summed E-state index contributed by atoms with van der Waals surface area (Å²) in [4.78, 5) is 47.4. The zero-order valence-corrected chi connectivity index (χ0v) is 15.2. The molecular weight excluding hydrogens is 366 g/mol. The third-order valence-corrected chi connectivity index (χ3v) is 5.27. The first-order valence-corrected chi connectivity index (χ1v) is 9.46. The number of fused-ring (bicyclic) bond motifs is 1. The highest BCUT2D eigenvalue weighted by molar-refractivity contribution is 7.13. The molecule has 9 heteroatoms. The van der Waals surface area contributed by atoms with Gasteiger partial charge in [-0.1, -0.05) is 12.1 Å². The van der Waals surface area contributed by atoms with Crippen molar-refractivity contribution in [1.29, 1.82) is 0 Å². The summed E-state index contributed by atoms with van der Waals surface area (Å²) in [5.74, 6) is -0.507. The van der Waals surface area contributed by atoms with Gasteiger partial charge in [0.25, 0.3) is 5.56 Å². The number of anilines is 1. The summed E-state index contributed by atoms with van der Waals surface area (Å²) in [7, 11) is 0. The van der Waals surface area contributed by atoms with Crippen molar-refractivity contribution in [3.8, 4) is 0 Å². The van der Waals surface area contributed by atoms with E-state index in [0.717, 1.165) is 6.42 Å². The molecule has 1 saturated heterocycles. The molecular formula is C18H17N5O3S. The van der Waals surface area contributed by atoms with Crippen molar-refractivity contribution >= 4 is 39.3 Å². The lowest BCUT2D eigenvalue weighted by molar-refractivity contribution is -0.137. The van der Waals surface area contributed by atoms with Crippen molar-refractivity contribution in [2.45, 2.75) is 25.4 Å². The van der Waals surface area contributed by atoms with Crippen LogP contribution in [0.15, 0.2) is 46.8 Å². The van der Waals surface area contributed by atoms with Crippen LogP contribution < -0.4 is 10.9 Å². The van der Waals surface area contributed by atoms with Gasteiger partial charge in [-0.2, -0.15) is 0 Å². The van der Waals surface area contributed by atoms with Crippen molar-refractivity contribution in [3.05, 3.63) is 52.4 Å². The smallest absolute Gasteiger partial charge is 0.269 e. The normalized spacial score (nSPS) is 16.6. The molecule has 2 aromatic heterocycles. The molecule has 3 heterocycles. The molecule has 4 rings (SSSR count). The second kappa shape index (κ2) is 7.28. The monoisotopic (exact) mass is 383 g/mol. The summed E-state index contributed by atoms with van der Waals surface area (Å²) >= 11 is 1.33. The number of hydrogen-bond acceptors (Lipinski definition) is 6. The van der Waals surface area contributed by atoms with Crippen molar-refractivity contribution < 1.29 is 9.59 Å². The molecule has 0 bridgehead atoms. The number of carbonyl (C=O) groups is 2. The molecule has 1 N–H and O–H groups in total. The summed E-state index contributed by atoms with van der Waals surface area (Å²) in [5.41, 5.74) is 0.899. The van der Waals surface area contributed by atoms with E-state index in [1.807, 2.05) is 6.07 Å². The Kier molecular flexibility index (Phi) is 4.68. The molecule has 0 aliphatic carbocycles. The average Bonchev–Trinajstić information content (AvgIpc) is 3.35. The lowest BCUT2D eigenvalue weighted by Gasteiger charge is -2.24. The Morgan fingerprint density at radius 2 is 2.11 bits per heavy atom. The summed E-state index contributed by atoms with van der Waals surface area (Å²) in [6.45, 7) is 0.370. The molecule has 1 atom stereocenters. The highest BCUT2D eigenvalue weighted by atomic mass is 32.1. The van der Waals surface area contributed by atoms with Crippen LogP contribution in [0.1, 0.15) is 12.8 Å². The molecule has 8 nitrogen and oxygen atoms in total. The first-order chi connectivity index (χ1) is 13.1. The van der Waals surface area contributed by atoms with E-state index in [-0.39, 0.29) is 23.9 Å². The molecule has 27 heavy (non-hydrogen) atoms. The highest BCUT2D eigenvalue weighted by Crippen LogP contribution is 2.21. The maximum absolute atomic E-state index is 12.9. The van der Waals surface area contributed by atoms with E-state index in [1.54, 1.807) is 34.7 Å². The summed E-state index contributed by atoms with van der Waals surface area (Å²) in [5, 5.41) is 5.03. The van der Waals surface area contributed by atoms with Crippen molar-refractivity contribution in [1.82, 2.24) is 19.4 Å². The van der Waals surface area contributed by atoms with Crippen LogP contribution in [0.3, 0.4) is 0 Å². The molecule has 1 aromatic carbocycles. The van der Waals surface area contributed by atoms with Crippen molar-refractivity contribution in [2.24, 2.45) is 0 Å². The van der Waals surface area contributed by atoms with E-state index in [4.69, 9.17) is 0 Å². The molecule has 0 spiro atoms. The van der Waals surface area contributed by atoms with Gasteiger partial charge in [0.1, 0.15) is 12.6 Å². The Balaban J connectivity index is 1.55. The topological polar surface area (TPSA) is 97.2 Å². The first-order valence-electron chi connectivity index (χ1n) is 8.58. The van der Waals surface area contributed by atoms with Crippen LogP contribution >= 0.6 is 11.3 Å². The van der Waals surface area contributed by atoms with Gasteiger partial charge in [-0.25, -0.2) is 9.97 Å². The standard InChI is InChI=1S/C18H17N5O3S/c24-15-10-20-12-4-1-2-5-13(12)23(15)11-16(25)22-8-3-6-14(22)17(26)21-18-19-7-9-27-18/h1-2,4-5,7,9-10,14H,3,6,8,11H2,(H,19,21,26). The number of likely N-dealkylation sites (tertiary alicyclic amines) is 1. The molecule has 2 amide bonds. The fourth-order valence-corrected chi connectivity index (χ4v) is 3.85. The number of aromatic nitrogens is 3. The van der Waals surface area contributed by atoms with Gasteiger partial charge in [0.2, 0.25) is 11.8 Å². The molecule has 3 aromatic rings. The van der Waals surface area contributed by atoms with Crippen LogP contribution in [-0.2, 0) is 16.1 Å². The summed E-state index contributed by atoms with van der Waals surface area (Å²) in [6.07, 6.45) is 4.16. The molecule has 1 fully saturated rings. The minimum absolute atomic E-state index is 0.122. The number of thiazole rings is 1. The van der Waals surface area contributed by atoms with Gasteiger partial charge in [0.05, 0.1) is 17.2 Å². The van der Waals surface area contributed by atoms with E-state index < -0.39 is 6.04 Å². The third-order valence-electron chi connectivity index (χ3n) is 4.58. The Morgan fingerprint density at radius 1 is 1.26 bits per heavy atom. The largest absolute Gasteiger partial charge is 0.329 e. The van der Waals surface area contributed by atoms with Crippen molar-refractivity contribution in [2.75, 3.05) is 11.9 Å². The second-order valence-corrected chi connectivity index (χ2v) is 7.14. The van der Waals surface area contributed by atoms with Gasteiger partial charge in [-0.15, -0.1) is 11.3 Å². The molecule has 0 saturated carbocycles. The Hall–Kier alpha value is -3.07. The van der Waals surface area contributed by atoms with Gasteiger partial charge < -0.3 is 10.2 Å². The molecule has 1 aliphatic rings. The van der Waals surface area contributed by atoms with Crippen LogP contribution in [0.5, 0.6) is 0 Å². The quantitative estimate of drug-likeness (QED) is 0.736. The van der Waals surface area contributed by atoms with Crippen molar-refractivity contribution in [3.63, 3.8) is 0 Å². The number of carbonyl (C=O) groups excluding carboxylic acids is 2. The molecule has 0 radical (unpaired) electrons. The minimum atomic E-state index is -0.551. The zero-order valence-electron chi connectivity index (χ0n) is 14.4. The van der Waals surface area contributed by atoms with Crippen LogP contribution in [-0.4, -0.2) is 43.8 Å². The van der Waals surface area contributed by atoms with Gasteiger partial charge in [0.15, 0.2) is 5.13 Å². The Labute approximate surface area is 158 Å². The van der Waals surface area contributed by atoms with Crippen LogP contribution in [0.2, 0.25) is 0 Å². The number of hydrogen-bond donors (Lipinski definition) is 1. The molecule has 1 unspecified atom stereocenters. The predicted molar refractivity (Wildman–Crippen MR) is 101 cm³/mol. The number of para-hydroxylation sites is 2. The van der Waals surface area contributed by atoms with E-state index in [9.17, 15) is 14.4 Å². The van der Waals surface area contributed by atoms with Crippen LogP contribution in [0.4, 0.5) is 5.13 Å². The van der Waals surface area contributed by atoms with E-state index in [2.05, 4.69) is 15.3 Å². The van der Waals surface area contributed by atoms with E-state index in [0.29, 0.717) is 29.1 Å². The maximum atomic E-state index is 12.9. The summed E-state index contributed by atoms with van der Waals surface area (Å²) < 4.78 is 1.40. The predicted octanol–water partition coefficient (Wildman–Crippen LogP) is 1.48. The number of rotatable bonds is 4. The van der Waals surface area contributed by atoms with Gasteiger partial charge >= 0.3 is 0 Å². The number of benzene rings is 1. The summed E-state index contributed by atoms with van der Waals surface area (Å²) in [6, 6.07) is 6.62. The lowest BCUT2D eigenvalue weighted by Crippen LogP contribution is -2.45. The average molecular weight is 383 g/mol. The molecule has 138 valence electrons. The third kappa shape index (κ3) is 3.45. The van der Waals surface area contributed by atoms with Crippen LogP contribution in [0, 0.1) is 0 Å². The van der Waals surface area contributed by atoms with Crippen LogP contribution in [0.25, 0.3) is 11.0 Å². The fourth-order valence-electron chi connectivity index (χ4n) is 3.32. The number of nitrogens with zero attached hydrogens (tertiary/aromatic N) is 4. The maximum Gasteiger partial charge on any atom is 0.269 e. The number of nitrogens with one attached hydrogen (secondary N) is 1. The zero-order chi connectivity index (χ0) is 18.8.